The van der Waals surface area contributed by atoms with Crippen molar-refractivity contribution in [1.82, 2.24) is 5.32 Å². The lowest BCUT2D eigenvalue weighted by atomic mass is 9.89. The van der Waals surface area contributed by atoms with Gasteiger partial charge in [-0.1, -0.05) is 11.6 Å². The topological polar surface area (TPSA) is 88.7 Å². The Labute approximate surface area is 206 Å². The van der Waals surface area contributed by atoms with Crippen LogP contribution in [0.4, 0.5) is 34.1 Å². The van der Waals surface area contributed by atoms with E-state index in [1.54, 1.807) is 39.0 Å². The Kier molecular flexibility index (Phi) is 7.17. The molecule has 0 fully saturated rings. The summed E-state index contributed by atoms with van der Waals surface area (Å²) in [5, 5.41) is 7.38. The summed E-state index contributed by atoms with van der Waals surface area (Å²) in [6, 6.07) is 6.83. The second-order valence-electron chi connectivity index (χ2n) is 9.79. The van der Waals surface area contributed by atoms with Crippen LogP contribution < -0.4 is 20.7 Å². The summed E-state index contributed by atoms with van der Waals surface area (Å²) >= 11 is 5.65. The van der Waals surface area contributed by atoms with Crippen molar-refractivity contribution in [3.8, 4) is 5.75 Å². The number of urea groups is 1. The average molecular weight is 514 g/mol. The third-order valence-electron chi connectivity index (χ3n) is 4.95. The number of benzene rings is 2. The molecule has 0 radical (unpaired) electrons. The van der Waals surface area contributed by atoms with E-state index in [2.05, 4.69) is 16.0 Å². The summed E-state index contributed by atoms with van der Waals surface area (Å²) in [6.45, 7) is 8.93. The molecular weight excluding hydrogens is 487 g/mol. The molecule has 0 spiro atoms. The lowest BCUT2D eigenvalue weighted by molar-refractivity contribution is -0.137. The van der Waals surface area contributed by atoms with Gasteiger partial charge in [0.05, 0.1) is 16.6 Å². The number of fused-ring (bicyclic) bond motifs is 1. The summed E-state index contributed by atoms with van der Waals surface area (Å²) in [5.41, 5.74) is -1.39. The number of anilines is 2. The molecule has 2 aromatic carbocycles. The zero-order valence-electron chi connectivity index (χ0n) is 19.9. The van der Waals surface area contributed by atoms with Crippen LogP contribution >= 0.6 is 11.6 Å². The molecule has 1 aliphatic heterocycles. The number of halogens is 4. The smallest absolute Gasteiger partial charge is 0.417 e. The number of rotatable bonds is 3. The SMILES string of the molecule is CC(C)(C)OC(=O)Nc1ccc2c(c1)[C@@H](NC(=O)Nc1ccc(Cl)c(C(F)(F)F)c1)CC(C)(C)O2. The van der Waals surface area contributed by atoms with E-state index in [0.29, 0.717) is 23.4 Å². The molecule has 7 nitrogen and oxygen atoms in total. The standard InChI is InChI=1S/C24H27ClF3N3O4/c1-22(2,3)35-21(33)30-13-7-9-19-15(10-13)18(12-23(4,5)34-19)31-20(32)29-14-6-8-17(25)16(11-14)24(26,27)28/h6-11,18H,12H2,1-5H3,(H,30,33)(H2,29,31,32)/t18-/m0/s1. The molecule has 3 rings (SSSR count). The lowest BCUT2D eigenvalue weighted by Gasteiger charge is -2.38. The van der Waals surface area contributed by atoms with Gasteiger partial charge in [0.25, 0.3) is 0 Å². The first-order chi connectivity index (χ1) is 16.0. The van der Waals surface area contributed by atoms with Crippen LogP contribution in [0.2, 0.25) is 5.02 Å². The number of carbonyl (C=O) groups excluding carboxylic acids is 2. The van der Waals surface area contributed by atoms with E-state index in [4.69, 9.17) is 21.1 Å². The van der Waals surface area contributed by atoms with E-state index in [0.717, 1.165) is 12.1 Å². The number of amides is 3. The zero-order valence-corrected chi connectivity index (χ0v) is 20.6. The van der Waals surface area contributed by atoms with Gasteiger partial charge in [-0.05, 0) is 71.0 Å². The van der Waals surface area contributed by atoms with Gasteiger partial charge in [-0.15, -0.1) is 0 Å². The molecular formula is C24H27ClF3N3O4. The van der Waals surface area contributed by atoms with Gasteiger partial charge in [-0.2, -0.15) is 13.2 Å². The van der Waals surface area contributed by atoms with Crippen LogP contribution in [-0.4, -0.2) is 23.3 Å². The molecule has 11 heteroatoms. The number of ether oxygens (including phenoxy) is 2. The maximum absolute atomic E-state index is 13.1. The maximum atomic E-state index is 13.1. The summed E-state index contributed by atoms with van der Waals surface area (Å²) in [4.78, 5) is 24.8. The minimum Gasteiger partial charge on any atom is -0.487 e. The minimum absolute atomic E-state index is 0.0638. The minimum atomic E-state index is -4.66. The Morgan fingerprint density at radius 3 is 2.31 bits per heavy atom. The van der Waals surface area contributed by atoms with Crippen LogP contribution in [0, 0.1) is 0 Å². The van der Waals surface area contributed by atoms with Gasteiger partial charge >= 0.3 is 18.3 Å². The van der Waals surface area contributed by atoms with Crippen LogP contribution in [-0.2, 0) is 10.9 Å². The monoisotopic (exact) mass is 513 g/mol. The van der Waals surface area contributed by atoms with Gasteiger partial charge < -0.3 is 20.1 Å². The van der Waals surface area contributed by atoms with Gasteiger partial charge in [-0.25, -0.2) is 9.59 Å². The van der Waals surface area contributed by atoms with Crippen molar-refractivity contribution in [2.24, 2.45) is 0 Å². The number of hydrogen-bond acceptors (Lipinski definition) is 4. The van der Waals surface area contributed by atoms with E-state index >= 15 is 0 Å². The molecule has 1 aliphatic rings. The highest BCUT2D eigenvalue weighted by Gasteiger charge is 2.36. The van der Waals surface area contributed by atoms with Gasteiger partial charge in [0.1, 0.15) is 17.0 Å². The maximum Gasteiger partial charge on any atom is 0.417 e. The Morgan fingerprint density at radius 2 is 1.69 bits per heavy atom. The van der Waals surface area contributed by atoms with Gasteiger partial charge in [0.2, 0.25) is 0 Å². The Bertz CT molecular complexity index is 1130. The fraction of sp³-hybridized carbons (Fsp3) is 0.417. The normalized spacial score (nSPS) is 17.0. The van der Waals surface area contributed by atoms with Crippen LogP contribution in [0.5, 0.6) is 5.75 Å². The van der Waals surface area contributed by atoms with Crippen molar-refractivity contribution in [3.63, 3.8) is 0 Å². The molecule has 0 aliphatic carbocycles. The second-order valence-corrected chi connectivity index (χ2v) is 10.2. The molecule has 35 heavy (non-hydrogen) atoms. The van der Waals surface area contributed by atoms with E-state index in [1.807, 2.05) is 13.8 Å². The predicted molar refractivity (Wildman–Crippen MR) is 127 cm³/mol. The predicted octanol–water partition coefficient (Wildman–Crippen LogP) is 7.13. The van der Waals surface area contributed by atoms with Crippen molar-refractivity contribution in [2.45, 2.75) is 64.5 Å². The van der Waals surface area contributed by atoms with Crippen LogP contribution in [0.1, 0.15) is 58.2 Å². The Balaban J connectivity index is 1.80. The molecule has 0 unspecified atom stereocenters. The lowest BCUT2D eigenvalue weighted by Crippen LogP contribution is -2.42. The number of nitrogens with one attached hydrogen (secondary N) is 3. The first kappa shape index (κ1) is 26.5. The fourth-order valence-corrected chi connectivity index (χ4v) is 3.85. The third kappa shape index (κ3) is 7.17. The van der Waals surface area contributed by atoms with Gasteiger partial charge in [0.15, 0.2) is 0 Å². The van der Waals surface area contributed by atoms with E-state index in [-0.39, 0.29) is 5.69 Å². The second kappa shape index (κ2) is 9.49. The Hall–Kier alpha value is -3.14. The van der Waals surface area contributed by atoms with Crippen LogP contribution in [0.3, 0.4) is 0 Å². The van der Waals surface area contributed by atoms with Gasteiger partial charge in [-0.3, -0.25) is 5.32 Å². The quantitative estimate of drug-likeness (QED) is 0.407. The molecule has 0 saturated heterocycles. The molecule has 0 bridgehead atoms. The summed E-state index contributed by atoms with van der Waals surface area (Å²) < 4.78 is 50.7. The van der Waals surface area contributed by atoms with Crippen LogP contribution in [0.25, 0.3) is 0 Å². The zero-order chi connectivity index (χ0) is 26.2. The number of carbonyl (C=O) groups is 2. The third-order valence-corrected chi connectivity index (χ3v) is 5.28. The van der Waals surface area contributed by atoms with Crippen molar-refractivity contribution in [1.29, 1.82) is 0 Å². The molecule has 1 heterocycles. The largest absolute Gasteiger partial charge is 0.487 e. The van der Waals surface area contributed by atoms with E-state index < -0.39 is 46.1 Å². The first-order valence-electron chi connectivity index (χ1n) is 10.8. The van der Waals surface area contributed by atoms with Gasteiger partial charge in [0, 0.05) is 23.4 Å². The molecule has 0 aromatic heterocycles. The van der Waals surface area contributed by atoms with Crippen molar-refractivity contribution in [2.75, 3.05) is 10.6 Å². The number of alkyl halides is 3. The van der Waals surface area contributed by atoms with E-state index in [9.17, 15) is 22.8 Å². The fourth-order valence-electron chi connectivity index (χ4n) is 3.63. The molecule has 0 saturated carbocycles. The highest BCUT2D eigenvalue weighted by atomic mass is 35.5. The van der Waals surface area contributed by atoms with Crippen LogP contribution in [0.15, 0.2) is 36.4 Å². The summed E-state index contributed by atoms with van der Waals surface area (Å²) in [5.74, 6) is 0.507. The summed E-state index contributed by atoms with van der Waals surface area (Å²) in [7, 11) is 0. The first-order valence-corrected chi connectivity index (χ1v) is 11.2. The number of hydrogen-bond donors (Lipinski definition) is 3. The molecule has 2 aromatic rings. The average Bonchev–Trinajstić information content (AvgIpc) is 2.67. The van der Waals surface area contributed by atoms with Crippen molar-refractivity contribution < 1.29 is 32.2 Å². The highest BCUT2D eigenvalue weighted by Crippen LogP contribution is 2.41. The molecule has 3 amide bonds. The molecule has 190 valence electrons. The molecule has 1 atom stereocenters. The van der Waals surface area contributed by atoms with Crippen molar-refractivity contribution in [3.05, 3.63) is 52.5 Å². The Morgan fingerprint density at radius 1 is 1.06 bits per heavy atom. The van der Waals surface area contributed by atoms with E-state index in [1.165, 1.54) is 6.07 Å². The van der Waals surface area contributed by atoms with Crippen molar-refractivity contribution >= 4 is 35.1 Å². The molecule has 3 N–H and O–H groups in total. The highest BCUT2D eigenvalue weighted by molar-refractivity contribution is 6.31. The summed E-state index contributed by atoms with van der Waals surface area (Å²) in [6.07, 6.45) is -4.93.